The number of nitrogens with zero attached hydrogens (tertiary/aromatic N) is 3. The average molecular weight is 386 g/mol. The molecule has 1 atom stereocenters. The summed E-state index contributed by atoms with van der Waals surface area (Å²) >= 11 is 1.30. The SMILES string of the molecule is COc1ccc(NC(=O)C(C)Sc2nnc(-c3ccc(F)cc3)n2C)cc1. The van der Waals surface area contributed by atoms with Gasteiger partial charge in [-0.3, -0.25) is 4.79 Å². The minimum Gasteiger partial charge on any atom is -0.497 e. The minimum absolute atomic E-state index is 0.142. The predicted octanol–water partition coefficient (Wildman–Crippen LogP) is 3.75. The van der Waals surface area contributed by atoms with E-state index in [4.69, 9.17) is 4.74 Å². The first-order chi connectivity index (χ1) is 13.0. The Bertz CT molecular complexity index is 926. The molecule has 1 N–H and O–H groups in total. The zero-order chi connectivity index (χ0) is 19.4. The van der Waals surface area contributed by atoms with Crippen molar-refractivity contribution in [2.24, 2.45) is 7.05 Å². The Hall–Kier alpha value is -2.87. The molecule has 8 heteroatoms. The highest BCUT2D eigenvalue weighted by Gasteiger charge is 2.19. The molecule has 0 bridgehead atoms. The van der Waals surface area contributed by atoms with Gasteiger partial charge in [0.2, 0.25) is 5.91 Å². The first-order valence-corrected chi connectivity index (χ1v) is 9.13. The molecule has 3 rings (SSSR count). The number of hydrogen-bond acceptors (Lipinski definition) is 5. The van der Waals surface area contributed by atoms with Crippen LogP contribution in [0.15, 0.2) is 53.7 Å². The summed E-state index contributed by atoms with van der Waals surface area (Å²) in [6.45, 7) is 1.80. The van der Waals surface area contributed by atoms with Gasteiger partial charge in [0.05, 0.1) is 12.4 Å². The fourth-order valence-electron chi connectivity index (χ4n) is 2.40. The molecule has 6 nitrogen and oxygen atoms in total. The molecule has 3 aromatic rings. The van der Waals surface area contributed by atoms with Gasteiger partial charge in [0.1, 0.15) is 11.6 Å². The largest absolute Gasteiger partial charge is 0.497 e. The van der Waals surface area contributed by atoms with Gasteiger partial charge >= 0.3 is 0 Å². The van der Waals surface area contributed by atoms with Gasteiger partial charge < -0.3 is 14.6 Å². The number of rotatable bonds is 6. The van der Waals surface area contributed by atoms with Crippen LogP contribution in [0.4, 0.5) is 10.1 Å². The van der Waals surface area contributed by atoms with Crippen LogP contribution in [0.3, 0.4) is 0 Å². The molecule has 0 saturated carbocycles. The van der Waals surface area contributed by atoms with Gasteiger partial charge in [-0.2, -0.15) is 0 Å². The smallest absolute Gasteiger partial charge is 0.237 e. The fraction of sp³-hybridized carbons (Fsp3) is 0.211. The first kappa shape index (κ1) is 18.9. The van der Waals surface area contributed by atoms with Gasteiger partial charge in [0, 0.05) is 18.3 Å². The summed E-state index contributed by atoms with van der Waals surface area (Å²) in [5.74, 6) is 0.888. The summed E-state index contributed by atoms with van der Waals surface area (Å²) in [6, 6.07) is 13.2. The third kappa shape index (κ3) is 4.46. The van der Waals surface area contributed by atoms with E-state index in [2.05, 4.69) is 15.5 Å². The summed E-state index contributed by atoms with van der Waals surface area (Å²) in [5, 5.41) is 11.4. The van der Waals surface area contributed by atoms with Gasteiger partial charge in [-0.25, -0.2) is 4.39 Å². The maximum atomic E-state index is 13.1. The number of carbonyl (C=O) groups excluding carboxylic acids is 1. The van der Waals surface area contributed by atoms with E-state index in [0.29, 0.717) is 16.7 Å². The number of anilines is 1. The van der Waals surface area contributed by atoms with Gasteiger partial charge in [0.25, 0.3) is 0 Å². The number of aromatic nitrogens is 3. The Morgan fingerprint density at radius 1 is 1.15 bits per heavy atom. The second kappa shape index (κ2) is 8.22. The van der Waals surface area contributed by atoms with Crippen LogP contribution >= 0.6 is 11.8 Å². The monoisotopic (exact) mass is 386 g/mol. The molecule has 0 aliphatic rings. The van der Waals surface area contributed by atoms with Gasteiger partial charge in [0.15, 0.2) is 11.0 Å². The number of nitrogens with one attached hydrogen (secondary N) is 1. The lowest BCUT2D eigenvalue weighted by atomic mass is 10.2. The molecule has 140 valence electrons. The van der Waals surface area contributed by atoms with Crippen molar-refractivity contribution < 1.29 is 13.9 Å². The lowest BCUT2D eigenvalue weighted by Crippen LogP contribution is -2.22. The van der Waals surface area contributed by atoms with E-state index in [1.165, 1.54) is 23.9 Å². The maximum absolute atomic E-state index is 13.1. The number of benzene rings is 2. The molecular weight excluding hydrogens is 367 g/mol. The lowest BCUT2D eigenvalue weighted by Gasteiger charge is -2.12. The van der Waals surface area contributed by atoms with Crippen LogP contribution in [0, 0.1) is 5.82 Å². The van der Waals surface area contributed by atoms with Gasteiger partial charge in [-0.1, -0.05) is 11.8 Å². The van der Waals surface area contributed by atoms with E-state index in [0.717, 1.165) is 11.3 Å². The topological polar surface area (TPSA) is 69.0 Å². The molecule has 1 unspecified atom stereocenters. The Kier molecular flexibility index (Phi) is 5.75. The van der Waals surface area contributed by atoms with Crippen molar-refractivity contribution in [2.45, 2.75) is 17.3 Å². The second-order valence-corrected chi connectivity index (χ2v) is 7.16. The lowest BCUT2D eigenvalue weighted by molar-refractivity contribution is -0.115. The van der Waals surface area contributed by atoms with Crippen molar-refractivity contribution in [3.05, 3.63) is 54.3 Å². The minimum atomic E-state index is -0.379. The molecule has 0 aliphatic heterocycles. The quantitative estimate of drug-likeness (QED) is 0.654. The third-order valence-electron chi connectivity index (χ3n) is 3.95. The average Bonchev–Trinajstić information content (AvgIpc) is 3.03. The van der Waals surface area contributed by atoms with Crippen LogP contribution in [-0.4, -0.2) is 33.0 Å². The fourth-order valence-corrected chi connectivity index (χ4v) is 3.21. The number of amides is 1. The van der Waals surface area contributed by atoms with Crippen molar-refractivity contribution in [3.63, 3.8) is 0 Å². The van der Waals surface area contributed by atoms with E-state index in [1.807, 2.05) is 7.05 Å². The van der Waals surface area contributed by atoms with Crippen LogP contribution in [0.2, 0.25) is 0 Å². The number of methoxy groups -OCH3 is 1. The third-order valence-corrected chi connectivity index (χ3v) is 5.08. The molecule has 27 heavy (non-hydrogen) atoms. The molecule has 1 aromatic heterocycles. The second-order valence-electron chi connectivity index (χ2n) is 5.85. The van der Waals surface area contributed by atoms with Crippen LogP contribution in [0.5, 0.6) is 5.75 Å². The molecule has 1 heterocycles. The highest BCUT2D eigenvalue weighted by molar-refractivity contribution is 8.00. The Labute approximate surface area is 160 Å². The van der Waals surface area contributed by atoms with E-state index < -0.39 is 0 Å². The van der Waals surface area contributed by atoms with Crippen LogP contribution in [0.25, 0.3) is 11.4 Å². The number of halogens is 1. The van der Waals surface area contributed by atoms with Crippen molar-refractivity contribution in [1.82, 2.24) is 14.8 Å². The highest BCUT2D eigenvalue weighted by Crippen LogP contribution is 2.26. The van der Waals surface area contributed by atoms with Crippen molar-refractivity contribution in [1.29, 1.82) is 0 Å². The molecule has 0 aliphatic carbocycles. The first-order valence-electron chi connectivity index (χ1n) is 8.25. The number of carbonyl (C=O) groups is 1. The zero-order valence-electron chi connectivity index (χ0n) is 15.1. The van der Waals surface area contributed by atoms with Crippen LogP contribution < -0.4 is 10.1 Å². The standard InChI is InChI=1S/C19H19FN4O2S/c1-12(18(25)21-15-8-10-16(26-3)11-9-15)27-19-23-22-17(24(19)2)13-4-6-14(20)7-5-13/h4-12H,1-3H3,(H,21,25). The van der Waals surface area contributed by atoms with Gasteiger partial charge in [-0.05, 0) is 55.5 Å². The summed E-state index contributed by atoms with van der Waals surface area (Å²) < 4.78 is 20.0. The summed E-state index contributed by atoms with van der Waals surface area (Å²) in [6.07, 6.45) is 0. The molecule has 0 radical (unpaired) electrons. The number of thioether (sulfide) groups is 1. The predicted molar refractivity (Wildman–Crippen MR) is 103 cm³/mol. The van der Waals surface area contributed by atoms with Crippen molar-refractivity contribution >= 4 is 23.4 Å². The molecule has 2 aromatic carbocycles. The normalized spacial score (nSPS) is 11.9. The molecular formula is C19H19FN4O2S. The Balaban J connectivity index is 1.67. The number of hydrogen-bond donors (Lipinski definition) is 1. The van der Waals surface area contributed by atoms with E-state index >= 15 is 0 Å². The molecule has 0 fully saturated rings. The Morgan fingerprint density at radius 2 is 1.81 bits per heavy atom. The van der Waals surface area contributed by atoms with Crippen molar-refractivity contribution in [2.75, 3.05) is 12.4 Å². The number of ether oxygens (including phenoxy) is 1. The van der Waals surface area contributed by atoms with Crippen LogP contribution in [-0.2, 0) is 11.8 Å². The Morgan fingerprint density at radius 3 is 2.44 bits per heavy atom. The van der Waals surface area contributed by atoms with E-state index in [-0.39, 0.29) is 17.0 Å². The summed E-state index contributed by atoms with van der Waals surface area (Å²) in [7, 11) is 3.41. The van der Waals surface area contributed by atoms with Gasteiger partial charge in [-0.15, -0.1) is 10.2 Å². The van der Waals surface area contributed by atoms with E-state index in [1.54, 1.807) is 55.0 Å². The maximum Gasteiger partial charge on any atom is 0.237 e. The summed E-state index contributed by atoms with van der Waals surface area (Å²) in [4.78, 5) is 12.4. The molecule has 0 saturated heterocycles. The summed E-state index contributed by atoms with van der Waals surface area (Å²) in [5.41, 5.74) is 1.45. The highest BCUT2D eigenvalue weighted by atomic mass is 32.2. The van der Waals surface area contributed by atoms with Crippen LogP contribution in [0.1, 0.15) is 6.92 Å². The zero-order valence-corrected chi connectivity index (χ0v) is 16.0. The van der Waals surface area contributed by atoms with Crippen molar-refractivity contribution in [3.8, 4) is 17.1 Å². The van der Waals surface area contributed by atoms with E-state index in [9.17, 15) is 9.18 Å². The molecule has 1 amide bonds. The molecule has 0 spiro atoms.